The number of nitrogens with two attached hydrogens (primary N) is 1. The summed E-state index contributed by atoms with van der Waals surface area (Å²) in [6.07, 6.45) is 0.573. The van der Waals surface area contributed by atoms with Crippen LogP contribution in [0.1, 0.15) is 33.0 Å². The molecule has 36 heavy (non-hydrogen) atoms. The molecule has 0 aliphatic heterocycles. The molecule has 184 valence electrons. The van der Waals surface area contributed by atoms with Gasteiger partial charge in [-0.3, -0.25) is 9.36 Å². The fraction of sp³-hybridized carbons (Fsp3) is 0.185. The van der Waals surface area contributed by atoms with Crippen LogP contribution in [-0.4, -0.2) is 32.5 Å². The van der Waals surface area contributed by atoms with Crippen molar-refractivity contribution in [3.05, 3.63) is 117 Å². The van der Waals surface area contributed by atoms with Gasteiger partial charge in [0.25, 0.3) is 0 Å². The van der Waals surface area contributed by atoms with Crippen molar-refractivity contribution in [2.45, 2.75) is 18.9 Å². The number of amides is 1. The minimum Gasteiger partial charge on any atom is -0.366 e. The molecule has 1 heterocycles. The average molecular weight is 503 g/mol. The molecule has 0 aliphatic carbocycles. The van der Waals surface area contributed by atoms with E-state index in [0.29, 0.717) is 41.8 Å². The van der Waals surface area contributed by atoms with E-state index in [1.54, 1.807) is 31.3 Å². The summed E-state index contributed by atoms with van der Waals surface area (Å²) in [5.41, 5.74) is 8.65. The molecule has 0 radical (unpaired) electrons. The van der Waals surface area contributed by atoms with Gasteiger partial charge in [0, 0.05) is 35.8 Å². The lowest BCUT2D eigenvalue weighted by Crippen LogP contribution is -2.25. The van der Waals surface area contributed by atoms with E-state index in [-0.39, 0.29) is 11.6 Å². The third kappa shape index (κ3) is 5.72. The van der Waals surface area contributed by atoms with Gasteiger partial charge in [0.2, 0.25) is 11.9 Å². The fourth-order valence-corrected chi connectivity index (χ4v) is 4.08. The maximum Gasteiger partial charge on any atom is 0.347 e. The number of rotatable bonds is 10. The molecule has 4 aromatic rings. The molecule has 0 saturated heterocycles. The number of anilines is 1. The Kier molecular flexibility index (Phi) is 7.65. The average Bonchev–Trinajstić information content (AvgIpc) is 3.16. The molecule has 1 amide bonds. The molecule has 9 heteroatoms. The van der Waals surface area contributed by atoms with Gasteiger partial charge in [-0.05, 0) is 47.4 Å². The summed E-state index contributed by atoms with van der Waals surface area (Å²) in [6, 6.07) is 24.0. The normalized spacial score (nSPS) is 11.7. The molecule has 3 aromatic carbocycles. The summed E-state index contributed by atoms with van der Waals surface area (Å²) >= 11 is 6.03. The zero-order valence-corrected chi connectivity index (χ0v) is 20.6. The number of primary amides is 1. The molecule has 8 nitrogen and oxygen atoms in total. The number of nitrogens with zero attached hydrogens (tertiary/aromatic N) is 3. The van der Waals surface area contributed by atoms with E-state index < -0.39 is 5.91 Å². The van der Waals surface area contributed by atoms with Crippen LogP contribution < -0.4 is 16.7 Å². The van der Waals surface area contributed by atoms with Crippen LogP contribution in [0.3, 0.4) is 0 Å². The Morgan fingerprint density at radius 3 is 2.31 bits per heavy atom. The molecule has 0 spiro atoms. The second-order valence-electron chi connectivity index (χ2n) is 8.46. The smallest absolute Gasteiger partial charge is 0.347 e. The van der Waals surface area contributed by atoms with Crippen molar-refractivity contribution in [2.75, 3.05) is 11.9 Å². The van der Waals surface area contributed by atoms with E-state index >= 15 is 0 Å². The number of benzene rings is 3. The standard InChI is InChI=1S/C27H27ClN6O2/c1-33-26(32-34(27(33)36)16-15-18-7-9-21(10-8-18)25(30)35)31-17-23(19-5-3-2-4-6-19)24(29)20-11-13-22(28)14-12-20/h2-14,23,29H,15-17H2,1H3,(H2,30,35)(H,31,32)/t23-/m0/s1. The topological polar surface area (TPSA) is 119 Å². The van der Waals surface area contributed by atoms with Crippen LogP contribution in [0.4, 0.5) is 5.95 Å². The third-order valence-corrected chi connectivity index (χ3v) is 6.31. The van der Waals surface area contributed by atoms with Gasteiger partial charge in [-0.25, -0.2) is 9.48 Å². The van der Waals surface area contributed by atoms with Crippen LogP contribution in [0.2, 0.25) is 5.02 Å². The van der Waals surface area contributed by atoms with E-state index in [4.69, 9.17) is 22.7 Å². The number of hydrogen-bond donors (Lipinski definition) is 3. The molecule has 1 aromatic heterocycles. The van der Waals surface area contributed by atoms with Crippen LogP contribution in [0.15, 0.2) is 83.7 Å². The Morgan fingerprint density at radius 2 is 1.67 bits per heavy atom. The number of carbonyl (C=O) groups excluding carboxylic acids is 1. The second kappa shape index (κ2) is 11.0. The van der Waals surface area contributed by atoms with Gasteiger partial charge < -0.3 is 16.5 Å². The van der Waals surface area contributed by atoms with Crippen molar-refractivity contribution in [1.29, 1.82) is 5.41 Å². The van der Waals surface area contributed by atoms with Crippen LogP contribution in [0, 0.1) is 5.41 Å². The molecular formula is C27H27ClN6O2. The van der Waals surface area contributed by atoms with Gasteiger partial charge in [0.05, 0.1) is 6.54 Å². The largest absolute Gasteiger partial charge is 0.366 e. The van der Waals surface area contributed by atoms with Gasteiger partial charge in [-0.15, -0.1) is 5.10 Å². The highest BCUT2D eigenvalue weighted by Gasteiger charge is 2.20. The van der Waals surface area contributed by atoms with Crippen molar-refractivity contribution in [3.8, 4) is 0 Å². The Labute approximate surface area is 213 Å². The SMILES string of the molecule is Cn1c(NC[C@H](C(=N)c2ccc(Cl)cc2)c2ccccc2)nn(CCc2ccc(C(N)=O)cc2)c1=O. The lowest BCUT2D eigenvalue weighted by Gasteiger charge is -2.20. The molecular weight excluding hydrogens is 476 g/mol. The second-order valence-corrected chi connectivity index (χ2v) is 8.90. The number of aromatic nitrogens is 3. The number of carbonyl (C=O) groups is 1. The van der Waals surface area contributed by atoms with E-state index in [0.717, 1.165) is 16.7 Å². The highest BCUT2D eigenvalue weighted by atomic mass is 35.5. The van der Waals surface area contributed by atoms with E-state index in [2.05, 4.69) is 10.4 Å². The van der Waals surface area contributed by atoms with Gasteiger partial charge >= 0.3 is 5.69 Å². The predicted octanol–water partition coefficient (Wildman–Crippen LogP) is 3.84. The van der Waals surface area contributed by atoms with Crippen molar-refractivity contribution < 1.29 is 4.79 Å². The van der Waals surface area contributed by atoms with Crippen LogP contribution in [0.25, 0.3) is 0 Å². The third-order valence-electron chi connectivity index (χ3n) is 6.06. The van der Waals surface area contributed by atoms with Crippen LogP contribution in [-0.2, 0) is 20.0 Å². The quantitative estimate of drug-likeness (QED) is 0.285. The summed E-state index contributed by atoms with van der Waals surface area (Å²) in [4.78, 5) is 24.0. The first-order valence-corrected chi connectivity index (χ1v) is 11.9. The Hall–Kier alpha value is -4.17. The summed E-state index contributed by atoms with van der Waals surface area (Å²) < 4.78 is 2.87. The van der Waals surface area contributed by atoms with E-state index in [1.165, 1.54) is 9.25 Å². The minimum absolute atomic E-state index is 0.240. The number of halogens is 1. The summed E-state index contributed by atoms with van der Waals surface area (Å²) in [7, 11) is 1.66. The van der Waals surface area contributed by atoms with Crippen molar-refractivity contribution in [1.82, 2.24) is 14.3 Å². The Morgan fingerprint density at radius 1 is 1.03 bits per heavy atom. The number of hydrogen-bond acceptors (Lipinski definition) is 5. The maximum atomic E-state index is 12.8. The number of nitrogens with one attached hydrogen (secondary N) is 2. The van der Waals surface area contributed by atoms with Gasteiger partial charge in [0.15, 0.2) is 0 Å². The molecule has 1 atom stereocenters. The summed E-state index contributed by atoms with van der Waals surface area (Å²) in [5.74, 6) is -0.318. The molecule has 0 unspecified atom stereocenters. The maximum absolute atomic E-state index is 12.8. The molecule has 4 rings (SSSR count). The van der Waals surface area contributed by atoms with Gasteiger partial charge in [0.1, 0.15) is 0 Å². The Balaban J connectivity index is 1.49. The monoisotopic (exact) mass is 502 g/mol. The lowest BCUT2D eigenvalue weighted by molar-refractivity contribution is 0.100. The van der Waals surface area contributed by atoms with Gasteiger partial charge in [-0.1, -0.05) is 66.2 Å². The molecule has 0 fully saturated rings. The first-order valence-electron chi connectivity index (χ1n) is 11.5. The van der Waals surface area contributed by atoms with E-state index in [1.807, 2.05) is 54.6 Å². The predicted molar refractivity (Wildman–Crippen MR) is 142 cm³/mol. The highest BCUT2D eigenvalue weighted by Crippen LogP contribution is 2.23. The fourth-order valence-electron chi connectivity index (χ4n) is 3.95. The first-order chi connectivity index (χ1) is 17.3. The highest BCUT2D eigenvalue weighted by molar-refractivity contribution is 6.30. The molecule has 0 saturated carbocycles. The zero-order chi connectivity index (χ0) is 25.7. The van der Waals surface area contributed by atoms with Crippen molar-refractivity contribution in [2.24, 2.45) is 12.8 Å². The van der Waals surface area contributed by atoms with Gasteiger partial charge in [-0.2, -0.15) is 0 Å². The van der Waals surface area contributed by atoms with Crippen LogP contribution in [0.5, 0.6) is 0 Å². The molecule has 0 bridgehead atoms. The van der Waals surface area contributed by atoms with Crippen molar-refractivity contribution in [3.63, 3.8) is 0 Å². The zero-order valence-electron chi connectivity index (χ0n) is 19.8. The number of aryl methyl sites for hydroxylation is 2. The van der Waals surface area contributed by atoms with Crippen molar-refractivity contribution >= 4 is 29.2 Å². The summed E-state index contributed by atoms with van der Waals surface area (Å²) in [5, 5.41) is 17.2. The van der Waals surface area contributed by atoms with E-state index in [9.17, 15) is 9.59 Å². The first kappa shape index (κ1) is 24.9. The lowest BCUT2D eigenvalue weighted by atomic mass is 9.90. The molecule has 0 aliphatic rings. The summed E-state index contributed by atoms with van der Waals surface area (Å²) in [6.45, 7) is 0.761. The Bertz CT molecular complexity index is 1410. The molecule has 4 N–H and O–H groups in total. The minimum atomic E-state index is -0.476. The van der Waals surface area contributed by atoms with Crippen LogP contribution >= 0.6 is 11.6 Å².